The second kappa shape index (κ2) is 7.63. The molecule has 2 aromatic rings. The predicted octanol–water partition coefficient (Wildman–Crippen LogP) is 7.04. The van der Waals surface area contributed by atoms with Crippen LogP contribution in [0.4, 0.5) is 0 Å². The summed E-state index contributed by atoms with van der Waals surface area (Å²) in [7, 11) is -0.211. The van der Waals surface area contributed by atoms with Crippen molar-refractivity contribution < 1.29 is 18.9 Å². The number of hydrogen-bond acceptors (Lipinski definition) is 4. The molecule has 5 heteroatoms. The minimum absolute atomic E-state index is 0.148. The molecule has 0 aliphatic carbocycles. The van der Waals surface area contributed by atoms with Gasteiger partial charge in [-0.3, -0.25) is 0 Å². The maximum Gasteiger partial charge on any atom is 0.260 e. The Balaban J connectivity index is 2.06. The lowest BCUT2D eigenvalue weighted by molar-refractivity contribution is -0.634. The third-order valence-electron chi connectivity index (χ3n) is 7.19. The summed E-state index contributed by atoms with van der Waals surface area (Å²) >= 11 is 0. The van der Waals surface area contributed by atoms with E-state index in [2.05, 4.69) is 98.0 Å². The lowest BCUT2D eigenvalue weighted by Gasteiger charge is -2.59. The average molecular weight is 431 g/mol. The summed E-state index contributed by atoms with van der Waals surface area (Å²) in [6.45, 7) is 19.9. The SMILES string of the molecule is COC1(c2ccc3ccc(O[Si](C)(C)C(C)(C)C)cc3c2)OOC1(C(C)C)C(C)C. The first-order chi connectivity index (χ1) is 13.8. The van der Waals surface area contributed by atoms with Gasteiger partial charge in [0, 0.05) is 12.7 Å². The lowest BCUT2D eigenvalue weighted by Crippen LogP contribution is -2.70. The van der Waals surface area contributed by atoms with Crippen LogP contribution in [0.5, 0.6) is 5.75 Å². The van der Waals surface area contributed by atoms with E-state index >= 15 is 0 Å². The average Bonchev–Trinajstić information content (AvgIpc) is 2.59. The van der Waals surface area contributed by atoms with Crippen molar-refractivity contribution in [3.63, 3.8) is 0 Å². The molecule has 4 nitrogen and oxygen atoms in total. The Morgan fingerprint density at radius 2 is 1.47 bits per heavy atom. The van der Waals surface area contributed by atoms with Gasteiger partial charge in [0.05, 0.1) is 0 Å². The van der Waals surface area contributed by atoms with Gasteiger partial charge in [-0.05, 0) is 58.9 Å². The van der Waals surface area contributed by atoms with Crippen LogP contribution >= 0.6 is 0 Å². The first-order valence-electron chi connectivity index (χ1n) is 11.0. The molecule has 1 unspecified atom stereocenters. The molecule has 166 valence electrons. The Labute approximate surface area is 182 Å². The highest BCUT2D eigenvalue weighted by Crippen LogP contribution is 2.57. The Bertz CT molecular complexity index is 901. The quantitative estimate of drug-likeness (QED) is 0.364. The topological polar surface area (TPSA) is 36.9 Å². The van der Waals surface area contributed by atoms with E-state index in [-0.39, 0.29) is 16.9 Å². The maximum absolute atomic E-state index is 6.54. The molecule has 2 aromatic carbocycles. The molecule has 0 N–H and O–H groups in total. The molecule has 0 aromatic heterocycles. The summed E-state index contributed by atoms with van der Waals surface area (Å²) in [4.78, 5) is 11.5. The number of benzene rings is 2. The van der Waals surface area contributed by atoms with E-state index in [1.54, 1.807) is 7.11 Å². The van der Waals surface area contributed by atoms with E-state index in [0.717, 1.165) is 22.1 Å². The standard InChI is InChI=1S/C25H38O4Si/c1-17(2)24(18(3)4)25(26-8,29-28-24)21-13-11-19-12-14-22(16-20(19)15-21)27-30(9,10)23(5,6)7/h11-18H,1-10H3. The molecular formula is C25H38O4Si. The van der Waals surface area contributed by atoms with Gasteiger partial charge in [0.15, 0.2) is 5.60 Å². The summed E-state index contributed by atoms with van der Waals surface area (Å²) in [5.41, 5.74) is 0.417. The summed E-state index contributed by atoms with van der Waals surface area (Å²) in [5, 5.41) is 2.42. The van der Waals surface area contributed by atoms with Crippen molar-refractivity contribution in [1.82, 2.24) is 0 Å². The first kappa shape index (κ1) is 23.3. The van der Waals surface area contributed by atoms with E-state index in [1.807, 2.05) is 0 Å². The van der Waals surface area contributed by atoms with Crippen molar-refractivity contribution in [2.24, 2.45) is 11.8 Å². The monoisotopic (exact) mass is 430 g/mol. The highest BCUT2D eigenvalue weighted by atomic mass is 28.4. The molecule has 1 aliphatic heterocycles. The van der Waals surface area contributed by atoms with Gasteiger partial charge in [-0.1, -0.05) is 66.7 Å². The van der Waals surface area contributed by atoms with Crippen LogP contribution in [0.3, 0.4) is 0 Å². The van der Waals surface area contributed by atoms with E-state index in [9.17, 15) is 0 Å². The van der Waals surface area contributed by atoms with Gasteiger partial charge in [-0.2, -0.15) is 4.89 Å². The molecule has 1 fully saturated rings. The van der Waals surface area contributed by atoms with Crippen molar-refractivity contribution in [3.8, 4) is 5.75 Å². The van der Waals surface area contributed by atoms with Gasteiger partial charge >= 0.3 is 0 Å². The number of rotatable bonds is 6. The minimum Gasteiger partial charge on any atom is -0.543 e. The van der Waals surface area contributed by atoms with Crippen molar-refractivity contribution in [1.29, 1.82) is 0 Å². The molecule has 1 saturated heterocycles. The lowest BCUT2D eigenvalue weighted by atomic mass is 9.70. The van der Waals surface area contributed by atoms with E-state index in [0.29, 0.717) is 0 Å². The van der Waals surface area contributed by atoms with Crippen LogP contribution in [0.25, 0.3) is 10.8 Å². The molecule has 0 bridgehead atoms. The predicted molar refractivity (Wildman–Crippen MR) is 125 cm³/mol. The van der Waals surface area contributed by atoms with Gasteiger partial charge in [-0.15, -0.1) is 0 Å². The molecule has 1 heterocycles. The fraction of sp³-hybridized carbons (Fsp3) is 0.600. The van der Waals surface area contributed by atoms with Crippen LogP contribution in [-0.4, -0.2) is 21.0 Å². The molecule has 3 rings (SSSR count). The zero-order chi connectivity index (χ0) is 22.5. The van der Waals surface area contributed by atoms with Crippen molar-refractivity contribution in [3.05, 3.63) is 42.0 Å². The van der Waals surface area contributed by atoms with E-state index in [4.69, 9.17) is 18.9 Å². The Morgan fingerprint density at radius 3 is 1.93 bits per heavy atom. The van der Waals surface area contributed by atoms with Crippen LogP contribution in [0.2, 0.25) is 18.1 Å². The van der Waals surface area contributed by atoms with Gasteiger partial charge in [0.1, 0.15) is 5.75 Å². The van der Waals surface area contributed by atoms with Crippen LogP contribution in [0.1, 0.15) is 54.0 Å². The summed E-state index contributed by atoms with van der Waals surface area (Å²) < 4.78 is 12.6. The minimum atomic E-state index is -1.91. The molecule has 0 spiro atoms. The van der Waals surface area contributed by atoms with Crippen molar-refractivity contribution >= 4 is 19.1 Å². The number of hydrogen-bond donors (Lipinski definition) is 0. The number of fused-ring (bicyclic) bond motifs is 1. The molecule has 1 aliphatic rings. The maximum atomic E-state index is 6.54. The van der Waals surface area contributed by atoms with Gasteiger partial charge < -0.3 is 9.16 Å². The molecule has 1 atom stereocenters. The largest absolute Gasteiger partial charge is 0.543 e. The normalized spacial score (nSPS) is 21.9. The van der Waals surface area contributed by atoms with E-state index < -0.39 is 19.7 Å². The molecular weight excluding hydrogens is 392 g/mol. The second-order valence-electron chi connectivity index (χ2n) is 10.7. The van der Waals surface area contributed by atoms with Crippen LogP contribution in [0, 0.1) is 11.8 Å². The zero-order valence-electron chi connectivity index (χ0n) is 20.3. The summed E-state index contributed by atoms with van der Waals surface area (Å²) in [6, 6.07) is 12.7. The number of methoxy groups -OCH3 is 1. The first-order valence-corrected chi connectivity index (χ1v) is 13.9. The summed E-state index contributed by atoms with van der Waals surface area (Å²) in [5.74, 6) is 0.424. The smallest absolute Gasteiger partial charge is 0.260 e. The second-order valence-corrected chi connectivity index (χ2v) is 15.4. The third-order valence-corrected chi connectivity index (χ3v) is 11.5. The van der Waals surface area contributed by atoms with Gasteiger partial charge in [0.25, 0.3) is 5.79 Å². The zero-order valence-corrected chi connectivity index (χ0v) is 21.3. The molecule has 30 heavy (non-hydrogen) atoms. The fourth-order valence-corrected chi connectivity index (χ4v) is 5.38. The van der Waals surface area contributed by atoms with Gasteiger partial charge in [0.2, 0.25) is 8.32 Å². The molecule has 0 amide bonds. The third kappa shape index (κ3) is 3.40. The molecule has 0 radical (unpaired) electrons. The highest BCUT2D eigenvalue weighted by Gasteiger charge is 2.69. The molecule has 0 saturated carbocycles. The number of ether oxygens (including phenoxy) is 1. The Kier molecular flexibility index (Phi) is 5.91. The highest BCUT2D eigenvalue weighted by molar-refractivity contribution is 6.74. The van der Waals surface area contributed by atoms with Crippen molar-refractivity contribution in [2.45, 2.75) is 78.0 Å². The van der Waals surface area contributed by atoms with Crippen LogP contribution < -0.4 is 4.43 Å². The summed E-state index contributed by atoms with van der Waals surface area (Å²) in [6.07, 6.45) is 0. The van der Waals surface area contributed by atoms with Crippen LogP contribution in [-0.2, 0) is 20.3 Å². The van der Waals surface area contributed by atoms with E-state index in [1.165, 1.54) is 0 Å². The Hall–Kier alpha value is -1.40. The Morgan fingerprint density at radius 1 is 0.867 bits per heavy atom. The van der Waals surface area contributed by atoms with Crippen LogP contribution in [0.15, 0.2) is 36.4 Å². The van der Waals surface area contributed by atoms with Crippen molar-refractivity contribution in [2.75, 3.05) is 7.11 Å². The van der Waals surface area contributed by atoms with Gasteiger partial charge in [-0.25, -0.2) is 4.89 Å². The fourth-order valence-electron chi connectivity index (χ4n) is 4.36.